The van der Waals surface area contributed by atoms with Gasteiger partial charge in [-0.25, -0.2) is 4.98 Å². The summed E-state index contributed by atoms with van der Waals surface area (Å²) >= 11 is 0. The lowest BCUT2D eigenvalue weighted by Crippen LogP contribution is -2.45. The van der Waals surface area contributed by atoms with Crippen LogP contribution < -0.4 is 5.73 Å². The maximum absolute atomic E-state index is 10.8. The fourth-order valence-electron chi connectivity index (χ4n) is 2.71. The number of aliphatic hydroxyl groups excluding tert-OH is 1. The number of aliphatic hydroxyl groups is 1. The fraction of sp³-hybridized carbons (Fsp3) is 0.643. The highest BCUT2D eigenvalue weighted by Crippen LogP contribution is 2.40. The van der Waals surface area contributed by atoms with Crippen molar-refractivity contribution in [3.8, 4) is 0 Å². The summed E-state index contributed by atoms with van der Waals surface area (Å²) in [6, 6.07) is 1.86. The van der Waals surface area contributed by atoms with Crippen molar-refractivity contribution in [2.24, 2.45) is 0 Å². The molecule has 1 saturated heterocycles. The number of ether oxygens (including phenoxy) is 2. The minimum Gasteiger partial charge on any atom is -0.385 e. The monoisotopic (exact) mass is 266 g/mol. The lowest BCUT2D eigenvalue weighted by atomic mass is 9.83. The summed E-state index contributed by atoms with van der Waals surface area (Å²) in [5, 5.41) is 10.8. The topological polar surface area (TPSA) is 77.6 Å². The Labute approximate surface area is 113 Å². The van der Waals surface area contributed by atoms with Crippen LogP contribution in [0.2, 0.25) is 0 Å². The number of hydrogen-bond acceptors (Lipinski definition) is 5. The Balaban J connectivity index is 2.36. The van der Waals surface area contributed by atoms with E-state index in [1.54, 1.807) is 6.20 Å². The number of aromatic nitrogens is 1. The molecule has 1 aliphatic rings. The Kier molecular flexibility index (Phi) is 4.39. The molecule has 3 N–H and O–H groups in total. The molecule has 1 unspecified atom stereocenters. The average molecular weight is 266 g/mol. The van der Waals surface area contributed by atoms with Gasteiger partial charge in [-0.3, -0.25) is 0 Å². The number of aryl methyl sites for hydroxylation is 1. The number of nitrogen functional groups attached to an aromatic ring is 1. The van der Waals surface area contributed by atoms with Crippen molar-refractivity contribution < 1.29 is 14.6 Å². The van der Waals surface area contributed by atoms with Crippen LogP contribution in [0.25, 0.3) is 0 Å². The summed E-state index contributed by atoms with van der Waals surface area (Å²) in [6.45, 7) is 5.60. The van der Waals surface area contributed by atoms with E-state index in [1.807, 2.05) is 19.9 Å². The first-order valence-corrected chi connectivity index (χ1v) is 6.71. The molecule has 0 saturated carbocycles. The van der Waals surface area contributed by atoms with E-state index in [-0.39, 0.29) is 0 Å². The number of hydrogen-bond donors (Lipinski definition) is 2. The van der Waals surface area contributed by atoms with Gasteiger partial charge in [0.15, 0.2) is 0 Å². The molecule has 2 rings (SSSR count). The first-order valence-electron chi connectivity index (χ1n) is 6.71. The summed E-state index contributed by atoms with van der Waals surface area (Å²) in [5.74, 6) is 0.373. The van der Waals surface area contributed by atoms with Crippen molar-refractivity contribution >= 4 is 5.82 Å². The van der Waals surface area contributed by atoms with Gasteiger partial charge in [0.05, 0.1) is 0 Å². The van der Waals surface area contributed by atoms with Gasteiger partial charge in [-0.2, -0.15) is 0 Å². The van der Waals surface area contributed by atoms with Gasteiger partial charge < -0.3 is 20.3 Å². The number of pyridine rings is 1. The Hall–Kier alpha value is -1.17. The van der Waals surface area contributed by atoms with Gasteiger partial charge in [0, 0.05) is 44.4 Å². The zero-order valence-corrected chi connectivity index (χ0v) is 11.6. The highest BCUT2D eigenvalue weighted by atomic mass is 16.5. The normalized spacial score (nSPS) is 20.2. The van der Waals surface area contributed by atoms with Crippen LogP contribution in [-0.2, 0) is 9.47 Å². The van der Waals surface area contributed by atoms with Crippen LogP contribution in [-0.4, -0.2) is 35.5 Å². The summed E-state index contributed by atoms with van der Waals surface area (Å²) in [7, 11) is 0. The predicted octanol–water partition coefficient (Wildman–Crippen LogP) is 1.59. The number of rotatable bonds is 4. The van der Waals surface area contributed by atoms with Crippen LogP contribution >= 0.6 is 0 Å². The van der Waals surface area contributed by atoms with Crippen molar-refractivity contribution in [1.29, 1.82) is 0 Å². The molecule has 0 spiro atoms. The molecule has 0 aromatic carbocycles. The predicted molar refractivity (Wildman–Crippen MR) is 72.8 cm³/mol. The summed E-state index contributed by atoms with van der Waals surface area (Å²) in [5.41, 5.74) is 6.92. The second-order valence-electron chi connectivity index (χ2n) is 4.94. The Bertz CT molecular complexity index is 405. The molecular weight excluding hydrogens is 244 g/mol. The smallest absolute Gasteiger partial charge is 0.129 e. The van der Waals surface area contributed by atoms with Crippen molar-refractivity contribution in [1.82, 2.24) is 4.98 Å². The molecule has 0 radical (unpaired) electrons. The van der Waals surface area contributed by atoms with E-state index in [0.29, 0.717) is 44.0 Å². The SMILES string of the molecule is CCOC1(C(O)c2c(C)ccnc2N)CCOCC1. The highest BCUT2D eigenvalue weighted by molar-refractivity contribution is 5.46. The molecule has 106 valence electrons. The van der Waals surface area contributed by atoms with Gasteiger partial charge in [-0.1, -0.05) is 0 Å². The first kappa shape index (κ1) is 14.2. The van der Waals surface area contributed by atoms with Crippen LogP contribution in [0.4, 0.5) is 5.82 Å². The summed E-state index contributed by atoms with van der Waals surface area (Å²) in [6.07, 6.45) is 2.20. The van der Waals surface area contributed by atoms with Crippen LogP contribution in [0.1, 0.15) is 37.0 Å². The highest BCUT2D eigenvalue weighted by Gasteiger charge is 2.42. The zero-order valence-electron chi connectivity index (χ0n) is 11.6. The Morgan fingerprint density at radius 1 is 1.53 bits per heavy atom. The Morgan fingerprint density at radius 3 is 2.79 bits per heavy atom. The minimum absolute atomic E-state index is 0.373. The largest absolute Gasteiger partial charge is 0.385 e. The zero-order chi connectivity index (χ0) is 13.9. The molecule has 1 aliphatic heterocycles. The first-order chi connectivity index (χ1) is 9.10. The molecule has 1 atom stereocenters. The van der Waals surface area contributed by atoms with Gasteiger partial charge >= 0.3 is 0 Å². The minimum atomic E-state index is -0.773. The summed E-state index contributed by atoms with van der Waals surface area (Å²) < 4.78 is 11.3. The van der Waals surface area contributed by atoms with E-state index in [0.717, 1.165) is 5.56 Å². The number of nitrogens with zero attached hydrogens (tertiary/aromatic N) is 1. The number of nitrogens with two attached hydrogens (primary N) is 1. The molecule has 5 nitrogen and oxygen atoms in total. The van der Waals surface area contributed by atoms with Crippen LogP contribution in [0, 0.1) is 6.92 Å². The molecular formula is C14H22N2O3. The summed E-state index contributed by atoms with van der Waals surface area (Å²) in [4.78, 5) is 4.08. The van der Waals surface area contributed by atoms with Gasteiger partial charge in [0.1, 0.15) is 17.5 Å². The lowest BCUT2D eigenvalue weighted by Gasteiger charge is -2.41. The van der Waals surface area contributed by atoms with Gasteiger partial charge in [-0.15, -0.1) is 0 Å². The molecule has 2 heterocycles. The third-order valence-corrected chi connectivity index (χ3v) is 3.78. The molecule has 0 aliphatic carbocycles. The van der Waals surface area contributed by atoms with Gasteiger partial charge in [0.2, 0.25) is 0 Å². The van der Waals surface area contributed by atoms with E-state index < -0.39 is 11.7 Å². The van der Waals surface area contributed by atoms with Crippen molar-refractivity contribution in [2.75, 3.05) is 25.6 Å². The van der Waals surface area contributed by atoms with Gasteiger partial charge in [0.25, 0.3) is 0 Å². The van der Waals surface area contributed by atoms with E-state index >= 15 is 0 Å². The lowest BCUT2D eigenvalue weighted by molar-refractivity contribution is -0.168. The van der Waals surface area contributed by atoms with Crippen LogP contribution in [0.3, 0.4) is 0 Å². The second kappa shape index (κ2) is 5.86. The van der Waals surface area contributed by atoms with E-state index in [2.05, 4.69) is 4.98 Å². The molecule has 1 aromatic rings. The standard InChI is InChI=1S/C14H22N2O3/c1-3-19-14(5-8-18-9-6-14)12(17)11-10(2)4-7-16-13(11)15/h4,7,12,17H,3,5-6,8-9H2,1-2H3,(H2,15,16). The third kappa shape index (κ3) is 2.73. The van der Waals surface area contributed by atoms with Crippen molar-refractivity contribution in [3.63, 3.8) is 0 Å². The van der Waals surface area contributed by atoms with E-state index in [9.17, 15) is 5.11 Å². The van der Waals surface area contributed by atoms with E-state index in [1.165, 1.54) is 0 Å². The van der Waals surface area contributed by atoms with Crippen LogP contribution in [0.5, 0.6) is 0 Å². The second-order valence-corrected chi connectivity index (χ2v) is 4.94. The molecule has 0 bridgehead atoms. The van der Waals surface area contributed by atoms with Crippen LogP contribution in [0.15, 0.2) is 12.3 Å². The number of anilines is 1. The van der Waals surface area contributed by atoms with Crippen molar-refractivity contribution in [2.45, 2.75) is 38.4 Å². The fourth-order valence-corrected chi connectivity index (χ4v) is 2.71. The Morgan fingerprint density at radius 2 is 2.21 bits per heavy atom. The maximum atomic E-state index is 10.8. The molecule has 1 fully saturated rings. The molecule has 1 aromatic heterocycles. The van der Waals surface area contributed by atoms with E-state index in [4.69, 9.17) is 15.2 Å². The van der Waals surface area contributed by atoms with Gasteiger partial charge in [-0.05, 0) is 25.5 Å². The van der Waals surface area contributed by atoms with Crippen molar-refractivity contribution in [3.05, 3.63) is 23.4 Å². The third-order valence-electron chi connectivity index (χ3n) is 3.78. The average Bonchev–Trinajstić information content (AvgIpc) is 2.40. The molecule has 19 heavy (non-hydrogen) atoms. The molecule has 0 amide bonds. The quantitative estimate of drug-likeness (QED) is 0.865. The maximum Gasteiger partial charge on any atom is 0.129 e. The molecule has 5 heteroatoms.